The Balaban J connectivity index is 2.43. The molecule has 0 fully saturated rings. The van der Waals surface area contributed by atoms with Crippen LogP contribution < -0.4 is 10.6 Å². The standard InChI is InChI=1S/C10H18N4O/c1-3-6-12-10(11-4-2)13-8-9-5-7-15-14-9/h5,7H,3-4,6,8H2,1-2H3,(H2,11,12,13). The quantitative estimate of drug-likeness (QED) is 0.565. The highest BCUT2D eigenvalue weighted by molar-refractivity contribution is 5.79. The molecule has 1 heterocycles. The molecule has 0 aromatic carbocycles. The van der Waals surface area contributed by atoms with E-state index in [9.17, 15) is 0 Å². The zero-order valence-electron chi connectivity index (χ0n) is 9.29. The summed E-state index contributed by atoms with van der Waals surface area (Å²) in [5.41, 5.74) is 0.837. The Bertz CT molecular complexity index is 282. The number of hydrogen-bond donors (Lipinski definition) is 2. The predicted octanol–water partition coefficient (Wildman–Crippen LogP) is 1.14. The fourth-order valence-electron chi connectivity index (χ4n) is 1.06. The van der Waals surface area contributed by atoms with Crippen LogP contribution in [0.1, 0.15) is 26.0 Å². The third kappa shape index (κ3) is 4.49. The van der Waals surface area contributed by atoms with Crippen LogP contribution in [0.3, 0.4) is 0 Å². The van der Waals surface area contributed by atoms with Crippen molar-refractivity contribution in [1.29, 1.82) is 0 Å². The Hall–Kier alpha value is -1.52. The van der Waals surface area contributed by atoms with Crippen LogP contribution in [0.15, 0.2) is 21.8 Å². The Morgan fingerprint density at radius 1 is 1.47 bits per heavy atom. The lowest BCUT2D eigenvalue weighted by molar-refractivity contribution is 0.412. The van der Waals surface area contributed by atoms with Crippen LogP contribution in [0, 0.1) is 0 Å². The van der Waals surface area contributed by atoms with Crippen LogP contribution in [0.2, 0.25) is 0 Å². The minimum Gasteiger partial charge on any atom is -0.364 e. The van der Waals surface area contributed by atoms with Crippen LogP contribution in [-0.4, -0.2) is 24.2 Å². The predicted molar refractivity (Wildman–Crippen MR) is 59.6 cm³/mol. The van der Waals surface area contributed by atoms with Crippen molar-refractivity contribution in [2.24, 2.45) is 4.99 Å². The molecule has 0 spiro atoms. The summed E-state index contributed by atoms with van der Waals surface area (Å²) >= 11 is 0. The van der Waals surface area contributed by atoms with Gasteiger partial charge in [-0.25, -0.2) is 4.99 Å². The fraction of sp³-hybridized carbons (Fsp3) is 0.600. The molecule has 0 bridgehead atoms. The van der Waals surface area contributed by atoms with Gasteiger partial charge in [-0.15, -0.1) is 0 Å². The molecular weight excluding hydrogens is 192 g/mol. The van der Waals surface area contributed by atoms with Gasteiger partial charge in [0.05, 0.1) is 6.54 Å². The van der Waals surface area contributed by atoms with Crippen molar-refractivity contribution in [1.82, 2.24) is 15.8 Å². The van der Waals surface area contributed by atoms with Gasteiger partial charge in [0.25, 0.3) is 0 Å². The molecule has 0 amide bonds. The molecule has 5 nitrogen and oxygen atoms in total. The number of rotatable bonds is 5. The van der Waals surface area contributed by atoms with E-state index in [0.717, 1.165) is 31.2 Å². The molecule has 0 aliphatic heterocycles. The number of aromatic nitrogens is 1. The van der Waals surface area contributed by atoms with Crippen molar-refractivity contribution in [2.75, 3.05) is 13.1 Å². The Kier molecular flexibility index (Phi) is 5.29. The average molecular weight is 210 g/mol. The molecule has 5 heteroatoms. The average Bonchev–Trinajstić information content (AvgIpc) is 2.75. The number of guanidine groups is 1. The lowest BCUT2D eigenvalue weighted by Crippen LogP contribution is -2.37. The maximum absolute atomic E-state index is 4.73. The monoisotopic (exact) mass is 210 g/mol. The molecule has 0 saturated heterocycles. The van der Waals surface area contributed by atoms with Gasteiger partial charge < -0.3 is 15.2 Å². The maximum atomic E-state index is 4.73. The van der Waals surface area contributed by atoms with Gasteiger partial charge in [0.15, 0.2) is 5.96 Å². The topological polar surface area (TPSA) is 62.5 Å². The first-order valence-electron chi connectivity index (χ1n) is 5.28. The normalized spacial score (nSPS) is 11.5. The van der Waals surface area contributed by atoms with Crippen LogP contribution in [0.5, 0.6) is 0 Å². The van der Waals surface area contributed by atoms with Crippen molar-refractivity contribution in [3.8, 4) is 0 Å². The molecule has 0 unspecified atom stereocenters. The molecule has 1 rings (SSSR count). The molecule has 2 N–H and O–H groups in total. The largest absolute Gasteiger partial charge is 0.364 e. The number of aliphatic imine (C=N–C) groups is 1. The van der Waals surface area contributed by atoms with E-state index in [-0.39, 0.29) is 0 Å². The second kappa shape index (κ2) is 6.86. The van der Waals surface area contributed by atoms with Crippen molar-refractivity contribution in [3.63, 3.8) is 0 Å². The summed E-state index contributed by atoms with van der Waals surface area (Å²) in [6, 6.07) is 1.81. The fourth-order valence-corrected chi connectivity index (χ4v) is 1.06. The Morgan fingerprint density at radius 3 is 2.93 bits per heavy atom. The second-order valence-corrected chi connectivity index (χ2v) is 3.11. The van der Waals surface area contributed by atoms with Gasteiger partial charge in [-0.05, 0) is 13.3 Å². The Labute approximate surface area is 89.9 Å². The van der Waals surface area contributed by atoms with E-state index in [1.54, 1.807) is 6.26 Å². The van der Waals surface area contributed by atoms with Gasteiger partial charge in [-0.1, -0.05) is 12.1 Å². The van der Waals surface area contributed by atoms with Crippen molar-refractivity contribution >= 4 is 5.96 Å². The van der Waals surface area contributed by atoms with E-state index >= 15 is 0 Å². The van der Waals surface area contributed by atoms with E-state index < -0.39 is 0 Å². The van der Waals surface area contributed by atoms with E-state index in [4.69, 9.17) is 4.52 Å². The van der Waals surface area contributed by atoms with Gasteiger partial charge in [0, 0.05) is 19.2 Å². The molecule has 0 atom stereocenters. The van der Waals surface area contributed by atoms with E-state index in [2.05, 4.69) is 27.7 Å². The summed E-state index contributed by atoms with van der Waals surface area (Å²) in [7, 11) is 0. The first-order valence-corrected chi connectivity index (χ1v) is 5.28. The van der Waals surface area contributed by atoms with Gasteiger partial charge in [0.1, 0.15) is 12.0 Å². The first kappa shape index (κ1) is 11.6. The number of nitrogens with one attached hydrogen (secondary N) is 2. The number of hydrogen-bond acceptors (Lipinski definition) is 3. The van der Waals surface area contributed by atoms with Gasteiger partial charge in [-0.2, -0.15) is 0 Å². The molecule has 0 aliphatic carbocycles. The van der Waals surface area contributed by atoms with Crippen LogP contribution >= 0.6 is 0 Å². The molecule has 1 aromatic rings. The molecule has 84 valence electrons. The van der Waals surface area contributed by atoms with E-state index in [1.807, 2.05) is 13.0 Å². The first-order chi connectivity index (χ1) is 7.36. The van der Waals surface area contributed by atoms with E-state index in [0.29, 0.717) is 6.54 Å². The smallest absolute Gasteiger partial charge is 0.191 e. The van der Waals surface area contributed by atoms with Gasteiger partial charge in [-0.3, -0.25) is 0 Å². The van der Waals surface area contributed by atoms with Gasteiger partial charge >= 0.3 is 0 Å². The molecule has 0 aliphatic rings. The molecule has 1 aromatic heterocycles. The molecule has 15 heavy (non-hydrogen) atoms. The molecule has 0 saturated carbocycles. The minimum absolute atomic E-state index is 0.537. The highest BCUT2D eigenvalue weighted by Crippen LogP contribution is 1.95. The summed E-state index contributed by atoms with van der Waals surface area (Å²) in [5, 5.41) is 10.2. The summed E-state index contributed by atoms with van der Waals surface area (Å²) < 4.78 is 4.73. The minimum atomic E-state index is 0.537. The van der Waals surface area contributed by atoms with Gasteiger partial charge in [0.2, 0.25) is 0 Å². The third-order valence-corrected chi connectivity index (χ3v) is 1.78. The van der Waals surface area contributed by atoms with E-state index in [1.165, 1.54) is 0 Å². The van der Waals surface area contributed by atoms with Crippen LogP contribution in [0.4, 0.5) is 0 Å². The highest BCUT2D eigenvalue weighted by atomic mass is 16.5. The lowest BCUT2D eigenvalue weighted by atomic mass is 10.4. The highest BCUT2D eigenvalue weighted by Gasteiger charge is 1.97. The summed E-state index contributed by atoms with van der Waals surface area (Å²) in [6.07, 6.45) is 2.63. The lowest BCUT2D eigenvalue weighted by Gasteiger charge is -2.09. The summed E-state index contributed by atoms with van der Waals surface area (Å²) in [4.78, 5) is 4.37. The third-order valence-electron chi connectivity index (χ3n) is 1.78. The zero-order chi connectivity index (χ0) is 10.9. The summed E-state index contributed by atoms with van der Waals surface area (Å²) in [5.74, 6) is 0.822. The maximum Gasteiger partial charge on any atom is 0.191 e. The summed E-state index contributed by atoms with van der Waals surface area (Å²) in [6.45, 7) is 6.47. The van der Waals surface area contributed by atoms with Crippen molar-refractivity contribution < 1.29 is 4.52 Å². The van der Waals surface area contributed by atoms with Crippen LogP contribution in [-0.2, 0) is 6.54 Å². The zero-order valence-corrected chi connectivity index (χ0v) is 9.29. The molecule has 0 radical (unpaired) electrons. The molecular formula is C10H18N4O. The second-order valence-electron chi connectivity index (χ2n) is 3.11. The number of nitrogens with zero attached hydrogens (tertiary/aromatic N) is 2. The Morgan fingerprint density at radius 2 is 2.33 bits per heavy atom. The van der Waals surface area contributed by atoms with Crippen LogP contribution in [0.25, 0.3) is 0 Å². The SMILES string of the molecule is CCCNC(=NCc1ccon1)NCC. The van der Waals surface area contributed by atoms with Crippen molar-refractivity contribution in [3.05, 3.63) is 18.0 Å². The van der Waals surface area contributed by atoms with Crippen molar-refractivity contribution in [2.45, 2.75) is 26.8 Å².